The normalized spacial score (nSPS) is 15.9. The molecule has 1 aromatic carbocycles. The molecule has 7 heteroatoms. The highest BCUT2D eigenvalue weighted by atomic mass is 32.2. The van der Waals surface area contributed by atoms with Crippen molar-refractivity contribution in [2.45, 2.75) is 39.5 Å². The van der Waals surface area contributed by atoms with E-state index in [0.717, 1.165) is 0 Å². The minimum atomic E-state index is -3.78. The molecule has 0 saturated heterocycles. The molecule has 1 amide bonds. The van der Waals surface area contributed by atoms with Crippen molar-refractivity contribution in [1.82, 2.24) is 4.90 Å². The van der Waals surface area contributed by atoms with Gasteiger partial charge >= 0.3 is 0 Å². The fraction of sp³-hybridized carbons (Fsp3) is 0.529. The molecular weight excluding hydrogens is 326 g/mol. The number of nitrogens with zero attached hydrogens (tertiary/aromatic N) is 3. The number of benzene rings is 1. The first-order valence-corrected chi connectivity index (χ1v) is 9.67. The van der Waals surface area contributed by atoms with Crippen LogP contribution in [0.3, 0.4) is 0 Å². The molecule has 1 aliphatic heterocycles. The Balaban J connectivity index is 2.54. The van der Waals surface area contributed by atoms with E-state index in [1.165, 1.54) is 6.07 Å². The van der Waals surface area contributed by atoms with Crippen molar-refractivity contribution in [1.29, 1.82) is 0 Å². The minimum Gasteiger partial charge on any atom is -0.339 e. The van der Waals surface area contributed by atoms with Crippen LogP contribution in [0.15, 0.2) is 27.5 Å². The van der Waals surface area contributed by atoms with E-state index in [1.54, 1.807) is 24.0 Å². The van der Waals surface area contributed by atoms with Crippen LogP contribution in [0.1, 0.15) is 45.0 Å². The summed E-state index contributed by atoms with van der Waals surface area (Å²) < 4.78 is 28.8. The Morgan fingerprint density at radius 1 is 1.25 bits per heavy atom. The Morgan fingerprint density at radius 3 is 2.42 bits per heavy atom. The summed E-state index contributed by atoms with van der Waals surface area (Å²) in [6.07, 6.45) is 0. The van der Waals surface area contributed by atoms with Gasteiger partial charge in [-0.3, -0.25) is 4.79 Å². The number of anilines is 1. The average Bonchev–Trinajstić information content (AvgIpc) is 2.51. The first-order chi connectivity index (χ1) is 11.2. The van der Waals surface area contributed by atoms with Gasteiger partial charge in [-0.15, -0.1) is 4.40 Å². The maximum Gasteiger partial charge on any atom is 0.286 e. The molecule has 0 aromatic heterocycles. The van der Waals surface area contributed by atoms with Crippen molar-refractivity contribution in [3.8, 4) is 0 Å². The molecular formula is C17H25N3O3S. The van der Waals surface area contributed by atoms with Crippen LogP contribution in [-0.2, 0) is 10.0 Å². The SMILES string of the molecule is CCN(CC)C(=O)c1ccc2c(c1)S(=O)(=O)N=C(C)N2CC(C)C. The number of amides is 1. The lowest BCUT2D eigenvalue weighted by molar-refractivity contribution is 0.0773. The number of hydrogen-bond donors (Lipinski definition) is 0. The quantitative estimate of drug-likeness (QED) is 0.818. The van der Waals surface area contributed by atoms with Gasteiger partial charge in [-0.25, -0.2) is 0 Å². The summed E-state index contributed by atoms with van der Waals surface area (Å²) in [7, 11) is -3.78. The Morgan fingerprint density at radius 2 is 1.88 bits per heavy atom. The van der Waals surface area contributed by atoms with Gasteiger partial charge in [0.1, 0.15) is 10.7 Å². The van der Waals surface area contributed by atoms with Crippen LogP contribution < -0.4 is 4.90 Å². The maximum atomic E-state index is 12.5. The number of carbonyl (C=O) groups excluding carboxylic acids is 1. The molecule has 24 heavy (non-hydrogen) atoms. The molecule has 0 aliphatic carbocycles. The average molecular weight is 351 g/mol. The van der Waals surface area contributed by atoms with Gasteiger partial charge in [0.2, 0.25) is 0 Å². The molecule has 0 N–H and O–H groups in total. The van der Waals surface area contributed by atoms with Gasteiger partial charge in [-0.1, -0.05) is 13.8 Å². The highest BCUT2D eigenvalue weighted by molar-refractivity contribution is 7.90. The molecule has 0 atom stereocenters. The van der Waals surface area contributed by atoms with E-state index in [0.29, 0.717) is 42.6 Å². The fourth-order valence-electron chi connectivity index (χ4n) is 2.81. The highest BCUT2D eigenvalue weighted by Gasteiger charge is 2.30. The predicted octanol–water partition coefficient (Wildman–Crippen LogP) is 2.75. The zero-order valence-electron chi connectivity index (χ0n) is 14.9. The maximum absolute atomic E-state index is 12.5. The number of amidine groups is 1. The van der Waals surface area contributed by atoms with Crippen molar-refractivity contribution < 1.29 is 13.2 Å². The van der Waals surface area contributed by atoms with Crippen LogP contribution in [0.25, 0.3) is 0 Å². The summed E-state index contributed by atoms with van der Waals surface area (Å²) in [4.78, 5) is 16.2. The van der Waals surface area contributed by atoms with Crippen LogP contribution in [0, 0.1) is 5.92 Å². The van der Waals surface area contributed by atoms with Gasteiger partial charge in [0.15, 0.2) is 0 Å². The van der Waals surface area contributed by atoms with E-state index < -0.39 is 10.0 Å². The summed E-state index contributed by atoms with van der Waals surface area (Å²) in [6.45, 7) is 11.4. The van der Waals surface area contributed by atoms with E-state index in [-0.39, 0.29) is 10.8 Å². The summed E-state index contributed by atoms with van der Waals surface area (Å²) in [5.41, 5.74) is 0.965. The number of hydrogen-bond acceptors (Lipinski definition) is 4. The van der Waals surface area contributed by atoms with Crippen LogP contribution in [-0.4, -0.2) is 44.7 Å². The first-order valence-electron chi connectivity index (χ1n) is 8.23. The molecule has 0 bridgehead atoms. The lowest BCUT2D eigenvalue weighted by Crippen LogP contribution is -2.37. The summed E-state index contributed by atoms with van der Waals surface area (Å²) in [6, 6.07) is 4.86. The second kappa shape index (κ2) is 6.93. The van der Waals surface area contributed by atoms with Gasteiger partial charge in [-0.05, 0) is 44.9 Å². The molecule has 0 saturated carbocycles. The number of rotatable bonds is 5. The van der Waals surface area contributed by atoms with E-state index in [2.05, 4.69) is 18.2 Å². The van der Waals surface area contributed by atoms with Gasteiger partial charge < -0.3 is 9.80 Å². The molecule has 132 valence electrons. The number of sulfonamides is 1. The summed E-state index contributed by atoms with van der Waals surface area (Å²) in [5, 5.41) is 0. The molecule has 0 radical (unpaired) electrons. The second-order valence-corrected chi connectivity index (χ2v) is 7.85. The molecule has 1 aromatic rings. The van der Waals surface area contributed by atoms with E-state index >= 15 is 0 Å². The molecule has 0 spiro atoms. The van der Waals surface area contributed by atoms with Gasteiger partial charge in [-0.2, -0.15) is 8.42 Å². The monoisotopic (exact) mass is 351 g/mol. The lowest BCUT2D eigenvalue weighted by atomic mass is 10.1. The van der Waals surface area contributed by atoms with Gasteiger partial charge in [0, 0.05) is 25.2 Å². The molecule has 0 unspecified atom stereocenters. The highest BCUT2D eigenvalue weighted by Crippen LogP contribution is 2.33. The van der Waals surface area contributed by atoms with Crippen LogP contribution >= 0.6 is 0 Å². The second-order valence-electron chi connectivity index (χ2n) is 6.28. The Hall–Kier alpha value is -1.89. The molecule has 6 nitrogen and oxygen atoms in total. The van der Waals surface area contributed by atoms with Crippen LogP contribution in [0.5, 0.6) is 0 Å². The third-order valence-corrected chi connectivity index (χ3v) is 5.40. The van der Waals surface area contributed by atoms with Gasteiger partial charge in [0.05, 0.1) is 5.69 Å². The Bertz CT molecular complexity index is 765. The van der Waals surface area contributed by atoms with Gasteiger partial charge in [0.25, 0.3) is 15.9 Å². The third kappa shape index (κ3) is 3.45. The largest absolute Gasteiger partial charge is 0.339 e. The minimum absolute atomic E-state index is 0.103. The lowest BCUT2D eigenvalue weighted by Gasteiger charge is -2.31. The van der Waals surface area contributed by atoms with Crippen LogP contribution in [0.4, 0.5) is 5.69 Å². The molecule has 1 heterocycles. The zero-order valence-corrected chi connectivity index (χ0v) is 15.7. The number of carbonyl (C=O) groups is 1. The standard InChI is InChI=1S/C17H25N3O3S/c1-6-19(7-2)17(21)14-8-9-15-16(10-14)24(22,23)18-13(5)20(15)11-12(3)4/h8-10,12H,6-7,11H2,1-5H3. The first kappa shape index (κ1) is 18.4. The topological polar surface area (TPSA) is 70.0 Å². The van der Waals surface area contributed by atoms with E-state index in [1.807, 2.05) is 18.7 Å². The predicted molar refractivity (Wildman–Crippen MR) is 96.2 cm³/mol. The fourth-order valence-corrected chi connectivity index (χ4v) is 4.08. The zero-order chi connectivity index (χ0) is 18.1. The van der Waals surface area contributed by atoms with Crippen molar-refractivity contribution in [3.63, 3.8) is 0 Å². The molecule has 0 fully saturated rings. The Labute approximate surface area is 144 Å². The van der Waals surface area contributed by atoms with Crippen molar-refractivity contribution in [2.24, 2.45) is 10.3 Å². The van der Waals surface area contributed by atoms with Crippen LogP contribution in [0.2, 0.25) is 0 Å². The van der Waals surface area contributed by atoms with E-state index in [9.17, 15) is 13.2 Å². The summed E-state index contributed by atoms with van der Waals surface area (Å²) in [5.74, 6) is 0.638. The molecule has 1 aliphatic rings. The smallest absolute Gasteiger partial charge is 0.286 e. The van der Waals surface area contributed by atoms with E-state index in [4.69, 9.17) is 0 Å². The summed E-state index contributed by atoms with van der Waals surface area (Å²) >= 11 is 0. The number of fused-ring (bicyclic) bond motifs is 1. The van der Waals surface area contributed by atoms with Crippen molar-refractivity contribution in [3.05, 3.63) is 23.8 Å². The van der Waals surface area contributed by atoms with Crippen molar-refractivity contribution in [2.75, 3.05) is 24.5 Å². The third-order valence-electron chi connectivity index (χ3n) is 4.02. The molecule has 2 rings (SSSR count). The Kier molecular flexibility index (Phi) is 5.32. The van der Waals surface area contributed by atoms with Crippen molar-refractivity contribution >= 4 is 27.5 Å².